The third-order valence-corrected chi connectivity index (χ3v) is 5.52. The molecule has 4 rings (SSSR count). The molecule has 31 heavy (non-hydrogen) atoms. The highest BCUT2D eigenvalue weighted by atomic mass is 16.4. The first-order valence-electron chi connectivity index (χ1n) is 10.2. The van der Waals surface area contributed by atoms with E-state index in [1.165, 1.54) is 27.6 Å². The van der Waals surface area contributed by atoms with E-state index >= 15 is 0 Å². The van der Waals surface area contributed by atoms with Gasteiger partial charge in [0, 0.05) is 48.4 Å². The van der Waals surface area contributed by atoms with Crippen LogP contribution >= 0.6 is 0 Å². The molecule has 2 unspecified atom stereocenters. The van der Waals surface area contributed by atoms with E-state index < -0.39 is 11.9 Å². The quantitative estimate of drug-likeness (QED) is 0.545. The maximum absolute atomic E-state index is 12.4. The Morgan fingerprint density at radius 1 is 1.23 bits per heavy atom. The minimum absolute atomic E-state index is 0.0615. The van der Waals surface area contributed by atoms with Gasteiger partial charge in [0.1, 0.15) is 0 Å². The van der Waals surface area contributed by atoms with Gasteiger partial charge in [0.2, 0.25) is 5.91 Å². The lowest BCUT2D eigenvalue weighted by molar-refractivity contribution is -0.134. The first-order valence-corrected chi connectivity index (χ1v) is 10.2. The molecule has 164 valence electrons. The summed E-state index contributed by atoms with van der Waals surface area (Å²) in [5.41, 5.74) is 5.18. The van der Waals surface area contributed by atoms with Crippen LogP contribution in [0.25, 0.3) is 16.5 Å². The molecule has 0 saturated carbocycles. The van der Waals surface area contributed by atoms with E-state index in [4.69, 9.17) is 10.2 Å². The van der Waals surface area contributed by atoms with Gasteiger partial charge >= 0.3 is 11.9 Å². The van der Waals surface area contributed by atoms with Gasteiger partial charge in [0.15, 0.2) is 0 Å². The number of fused-ring (bicyclic) bond motifs is 2. The number of hydrogen-bond donors (Lipinski definition) is 4. The van der Waals surface area contributed by atoms with Crippen LogP contribution in [0.15, 0.2) is 42.6 Å². The summed E-state index contributed by atoms with van der Waals surface area (Å²) in [5, 5.41) is 20.0. The van der Waals surface area contributed by atoms with Crippen molar-refractivity contribution in [2.45, 2.75) is 25.8 Å². The highest BCUT2D eigenvalue weighted by Gasteiger charge is 2.35. The van der Waals surface area contributed by atoms with Crippen molar-refractivity contribution in [2.24, 2.45) is 5.92 Å². The SMILES string of the molecule is CCCNC(=O)C1C=C2c3cccc4[nH]cc(c34)CC2N(C)C1.O=C(O)/C=C/C(=O)O. The zero-order valence-electron chi connectivity index (χ0n) is 17.6. The number of likely N-dealkylation sites (N-methyl/N-ethyl adjacent to an activating group) is 1. The molecule has 1 aromatic heterocycles. The summed E-state index contributed by atoms with van der Waals surface area (Å²) in [6, 6.07) is 6.79. The Bertz CT molecular complexity index is 1040. The summed E-state index contributed by atoms with van der Waals surface area (Å²) in [5.74, 6) is -2.43. The van der Waals surface area contributed by atoms with Crippen LogP contribution in [0.1, 0.15) is 24.5 Å². The van der Waals surface area contributed by atoms with Crippen molar-refractivity contribution in [3.63, 3.8) is 0 Å². The van der Waals surface area contributed by atoms with Gasteiger partial charge in [-0.25, -0.2) is 9.59 Å². The average molecular weight is 425 g/mol. The van der Waals surface area contributed by atoms with Gasteiger partial charge in [-0.2, -0.15) is 0 Å². The van der Waals surface area contributed by atoms with Crippen LogP contribution in [0.5, 0.6) is 0 Å². The summed E-state index contributed by atoms with van der Waals surface area (Å²) in [4.78, 5) is 37.2. The molecule has 0 radical (unpaired) electrons. The summed E-state index contributed by atoms with van der Waals surface area (Å²) in [6.45, 7) is 3.62. The lowest BCUT2D eigenvalue weighted by Crippen LogP contribution is -2.46. The van der Waals surface area contributed by atoms with E-state index in [2.05, 4.69) is 59.6 Å². The molecule has 0 fully saturated rings. The van der Waals surface area contributed by atoms with E-state index in [0.717, 1.165) is 25.9 Å². The Morgan fingerprint density at radius 2 is 1.94 bits per heavy atom. The minimum Gasteiger partial charge on any atom is -0.478 e. The zero-order chi connectivity index (χ0) is 22.5. The molecular formula is C23H27N3O5. The van der Waals surface area contributed by atoms with Crippen molar-refractivity contribution in [3.8, 4) is 0 Å². The van der Waals surface area contributed by atoms with E-state index in [1.54, 1.807) is 0 Å². The number of hydrogen-bond acceptors (Lipinski definition) is 4. The Hall–Kier alpha value is -3.39. The Morgan fingerprint density at radius 3 is 2.58 bits per heavy atom. The number of nitrogens with zero attached hydrogens (tertiary/aromatic N) is 1. The molecule has 1 amide bonds. The number of carboxylic acid groups (broad SMARTS) is 2. The Kier molecular flexibility index (Phi) is 6.91. The first kappa shape index (κ1) is 22.3. The second-order valence-corrected chi connectivity index (χ2v) is 7.73. The topological polar surface area (TPSA) is 123 Å². The normalized spacial score (nSPS) is 19.9. The fourth-order valence-corrected chi connectivity index (χ4v) is 4.14. The average Bonchev–Trinajstić information content (AvgIpc) is 3.16. The molecule has 2 aromatic rings. The first-order chi connectivity index (χ1) is 14.8. The molecule has 1 aromatic carbocycles. The molecule has 2 atom stereocenters. The van der Waals surface area contributed by atoms with Crippen LogP contribution < -0.4 is 5.32 Å². The van der Waals surface area contributed by atoms with Gasteiger partial charge in [0.05, 0.1) is 5.92 Å². The second-order valence-electron chi connectivity index (χ2n) is 7.73. The number of aromatic amines is 1. The van der Waals surface area contributed by atoms with E-state index in [9.17, 15) is 14.4 Å². The van der Waals surface area contributed by atoms with Crippen molar-refractivity contribution in [1.82, 2.24) is 15.2 Å². The number of benzene rings is 1. The van der Waals surface area contributed by atoms with Gasteiger partial charge in [0.25, 0.3) is 0 Å². The lowest BCUT2D eigenvalue weighted by atomic mass is 9.80. The number of H-pyrrole nitrogens is 1. The fourth-order valence-electron chi connectivity index (χ4n) is 4.14. The standard InChI is InChI=1S/C19H23N3O.C4H4O4/c1-3-7-20-19(23)13-8-15-14-5-4-6-16-18(14)12(10-21-16)9-17(15)22(2)11-13;5-3(6)1-2-4(7)8/h4-6,8,10,13,17,21H,3,7,9,11H2,1-2H3,(H,20,23);1-2H,(H,5,6)(H,7,8)/b;2-1+. The van der Waals surface area contributed by atoms with Crippen LogP contribution in [0.3, 0.4) is 0 Å². The summed E-state index contributed by atoms with van der Waals surface area (Å²) in [6.07, 6.45) is 7.45. The predicted octanol–water partition coefficient (Wildman–Crippen LogP) is 2.28. The molecule has 4 N–H and O–H groups in total. The molecule has 1 aliphatic heterocycles. The molecule has 8 nitrogen and oxygen atoms in total. The number of carbonyl (C=O) groups excluding carboxylic acids is 1. The van der Waals surface area contributed by atoms with Gasteiger partial charge in [-0.15, -0.1) is 0 Å². The van der Waals surface area contributed by atoms with E-state index in [1.807, 2.05) is 0 Å². The lowest BCUT2D eigenvalue weighted by Gasteiger charge is -2.39. The van der Waals surface area contributed by atoms with Crippen molar-refractivity contribution in [2.75, 3.05) is 20.1 Å². The second kappa shape index (κ2) is 9.61. The molecule has 8 heteroatoms. The van der Waals surface area contributed by atoms with Crippen molar-refractivity contribution < 1.29 is 24.6 Å². The fraction of sp³-hybridized carbons (Fsp3) is 0.348. The van der Waals surface area contributed by atoms with E-state index in [0.29, 0.717) is 18.2 Å². The maximum atomic E-state index is 12.4. The summed E-state index contributed by atoms with van der Waals surface area (Å²) >= 11 is 0. The third-order valence-electron chi connectivity index (χ3n) is 5.52. The number of amides is 1. The van der Waals surface area contributed by atoms with Crippen LogP contribution in [-0.2, 0) is 20.8 Å². The molecule has 0 spiro atoms. The number of carbonyl (C=O) groups is 3. The zero-order valence-corrected chi connectivity index (χ0v) is 17.6. The molecular weight excluding hydrogens is 398 g/mol. The van der Waals surface area contributed by atoms with E-state index in [-0.39, 0.29) is 11.8 Å². The summed E-state index contributed by atoms with van der Waals surface area (Å²) in [7, 11) is 2.13. The maximum Gasteiger partial charge on any atom is 0.328 e. The van der Waals surface area contributed by atoms with Crippen LogP contribution in [0, 0.1) is 5.92 Å². The van der Waals surface area contributed by atoms with Crippen LogP contribution in [0.2, 0.25) is 0 Å². The van der Waals surface area contributed by atoms with Crippen molar-refractivity contribution in [1.29, 1.82) is 0 Å². The van der Waals surface area contributed by atoms with Crippen LogP contribution in [0.4, 0.5) is 0 Å². The Balaban J connectivity index is 0.000000293. The smallest absolute Gasteiger partial charge is 0.328 e. The van der Waals surface area contributed by atoms with Gasteiger partial charge in [-0.05, 0) is 42.7 Å². The summed E-state index contributed by atoms with van der Waals surface area (Å²) < 4.78 is 0. The predicted molar refractivity (Wildman–Crippen MR) is 118 cm³/mol. The Labute approximate surface area is 180 Å². The van der Waals surface area contributed by atoms with Crippen molar-refractivity contribution >= 4 is 34.3 Å². The molecule has 0 saturated heterocycles. The van der Waals surface area contributed by atoms with Gasteiger partial charge in [-0.1, -0.05) is 25.1 Å². The largest absolute Gasteiger partial charge is 0.478 e. The number of rotatable bonds is 5. The van der Waals surface area contributed by atoms with Gasteiger partial charge < -0.3 is 20.5 Å². The molecule has 2 aliphatic rings. The van der Waals surface area contributed by atoms with Crippen molar-refractivity contribution in [3.05, 3.63) is 53.8 Å². The highest BCUT2D eigenvalue weighted by molar-refractivity contribution is 5.99. The van der Waals surface area contributed by atoms with Gasteiger partial charge in [-0.3, -0.25) is 9.69 Å². The van der Waals surface area contributed by atoms with Crippen LogP contribution in [-0.4, -0.2) is 64.1 Å². The highest BCUT2D eigenvalue weighted by Crippen LogP contribution is 2.40. The molecule has 0 bridgehead atoms. The number of aromatic nitrogens is 1. The monoisotopic (exact) mass is 425 g/mol. The molecule has 2 heterocycles. The minimum atomic E-state index is -1.26. The number of aliphatic carboxylic acids is 2. The number of carboxylic acids is 2. The number of nitrogens with one attached hydrogen (secondary N) is 2. The third kappa shape index (κ3) is 5.03. The molecule has 1 aliphatic carbocycles.